The number of benzene rings is 2. The zero-order valence-electron chi connectivity index (χ0n) is 16.1. The molecule has 1 saturated heterocycles. The Morgan fingerprint density at radius 2 is 2.10 bits per heavy atom. The van der Waals surface area contributed by atoms with Gasteiger partial charge in [0.1, 0.15) is 6.21 Å². The molecule has 4 N–H and O–H groups in total. The van der Waals surface area contributed by atoms with E-state index in [1.807, 2.05) is 48.5 Å². The number of β-amino-alcohol motifs (C(OH)–C–C–N with tert-alkyl or cyclic N) is 1. The van der Waals surface area contributed by atoms with Gasteiger partial charge in [-0.3, -0.25) is 10.5 Å². The van der Waals surface area contributed by atoms with E-state index in [1.54, 1.807) is 10.9 Å². The SMILES string of the molecule is CC(=O)Nc1cc(N2CCC(O)C2)ccc1N=C1C=N[N+](c2ccccc2)=C1N. The van der Waals surface area contributed by atoms with Crippen molar-refractivity contribution in [3.05, 3.63) is 48.5 Å². The number of amidine groups is 1. The molecule has 0 bridgehead atoms. The van der Waals surface area contributed by atoms with Crippen LogP contribution in [0.2, 0.25) is 0 Å². The summed E-state index contributed by atoms with van der Waals surface area (Å²) in [6.45, 7) is 2.80. The van der Waals surface area contributed by atoms with Crippen molar-refractivity contribution in [2.24, 2.45) is 15.8 Å². The first kappa shape index (κ1) is 18.8. The first-order valence-electron chi connectivity index (χ1n) is 9.46. The minimum atomic E-state index is -0.327. The van der Waals surface area contributed by atoms with Crippen LogP contribution in [0.5, 0.6) is 0 Å². The molecule has 0 aliphatic carbocycles. The summed E-state index contributed by atoms with van der Waals surface area (Å²) in [4.78, 5) is 18.4. The molecule has 8 heteroatoms. The van der Waals surface area contributed by atoms with Gasteiger partial charge in [0, 0.05) is 25.7 Å². The molecule has 2 aliphatic rings. The largest absolute Gasteiger partial charge is 0.391 e. The third kappa shape index (κ3) is 4.02. The Bertz CT molecular complexity index is 1030. The van der Waals surface area contributed by atoms with E-state index in [0.717, 1.165) is 24.3 Å². The number of carbonyl (C=O) groups is 1. The van der Waals surface area contributed by atoms with Crippen molar-refractivity contribution in [1.29, 1.82) is 0 Å². The molecular weight excluding hydrogens is 368 g/mol. The normalized spacial score (nSPS) is 20.0. The zero-order valence-corrected chi connectivity index (χ0v) is 16.1. The van der Waals surface area contributed by atoms with Gasteiger partial charge in [-0.25, -0.2) is 4.99 Å². The molecular formula is C21H23N6O2+. The van der Waals surface area contributed by atoms with Gasteiger partial charge in [-0.1, -0.05) is 28.0 Å². The predicted molar refractivity (Wildman–Crippen MR) is 115 cm³/mol. The van der Waals surface area contributed by atoms with Crippen LogP contribution in [0.1, 0.15) is 13.3 Å². The predicted octanol–water partition coefficient (Wildman–Crippen LogP) is 1.99. The van der Waals surface area contributed by atoms with Gasteiger partial charge in [0.15, 0.2) is 11.4 Å². The lowest BCUT2D eigenvalue weighted by molar-refractivity contribution is -0.441. The second-order valence-electron chi connectivity index (χ2n) is 7.05. The van der Waals surface area contributed by atoms with Crippen LogP contribution in [0, 0.1) is 0 Å². The van der Waals surface area contributed by atoms with Crippen molar-refractivity contribution in [3.8, 4) is 0 Å². The smallest absolute Gasteiger partial charge is 0.326 e. The first-order valence-corrected chi connectivity index (χ1v) is 9.46. The Balaban J connectivity index is 1.68. The number of anilines is 2. The third-order valence-electron chi connectivity index (χ3n) is 4.85. The van der Waals surface area contributed by atoms with Crippen molar-refractivity contribution in [2.45, 2.75) is 19.4 Å². The minimum Gasteiger partial charge on any atom is -0.391 e. The molecule has 2 aromatic rings. The summed E-state index contributed by atoms with van der Waals surface area (Å²) in [6.07, 6.45) is 2.01. The maximum absolute atomic E-state index is 11.7. The molecule has 2 aliphatic heterocycles. The standard InChI is InChI=1S/C21H22N6O2/c1-14(28)24-19-11-16(26-10-9-17(29)13-26)7-8-18(19)25-20-12-23-27(21(20)22)15-5-3-2-4-6-15/h2-8,11-12,17,29H,9-10,13H2,1H3,(H2,22,23,24,28)/p+1. The quantitative estimate of drug-likeness (QED) is 0.693. The number of nitrogens with one attached hydrogen (secondary N) is 1. The van der Waals surface area contributed by atoms with Gasteiger partial charge in [-0.2, -0.15) is 0 Å². The van der Waals surface area contributed by atoms with Crippen molar-refractivity contribution >= 4 is 46.4 Å². The van der Waals surface area contributed by atoms with Gasteiger partial charge < -0.3 is 15.3 Å². The molecule has 8 nitrogen and oxygen atoms in total. The summed E-state index contributed by atoms with van der Waals surface area (Å²) < 4.78 is 1.62. The number of nitrogens with zero attached hydrogens (tertiary/aromatic N) is 4. The number of aliphatic hydroxyl groups excluding tert-OH is 1. The summed E-state index contributed by atoms with van der Waals surface area (Å²) in [5.74, 6) is 0.227. The number of hydrogen-bond donors (Lipinski definition) is 3. The average molecular weight is 391 g/mol. The molecule has 1 atom stereocenters. The number of rotatable bonds is 4. The highest BCUT2D eigenvalue weighted by atomic mass is 16.3. The lowest BCUT2D eigenvalue weighted by Gasteiger charge is -2.19. The van der Waals surface area contributed by atoms with E-state index >= 15 is 0 Å². The van der Waals surface area contributed by atoms with E-state index in [-0.39, 0.29) is 12.0 Å². The van der Waals surface area contributed by atoms with Crippen LogP contribution in [-0.2, 0) is 4.79 Å². The highest BCUT2D eigenvalue weighted by Gasteiger charge is 2.24. The summed E-state index contributed by atoms with van der Waals surface area (Å²) in [7, 11) is 0. The van der Waals surface area contributed by atoms with Gasteiger partial charge in [0.05, 0.1) is 17.5 Å². The molecule has 29 heavy (non-hydrogen) atoms. The Labute approximate surface area is 168 Å². The monoisotopic (exact) mass is 391 g/mol. The van der Waals surface area contributed by atoms with Crippen LogP contribution in [0.3, 0.4) is 0 Å². The molecule has 1 fully saturated rings. The molecule has 0 saturated carbocycles. The second-order valence-corrected chi connectivity index (χ2v) is 7.05. The van der Waals surface area contributed by atoms with Crippen LogP contribution < -0.4 is 16.0 Å². The van der Waals surface area contributed by atoms with Crippen molar-refractivity contribution < 1.29 is 14.6 Å². The Hall–Kier alpha value is -3.52. The fourth-order valence-electron chi connectivity index (χ4n) is 3.42. The molecule has 1 unspecified atom stereocenters. The third-order valence-corrected chi connectivity index (χ3v) is 4.85. The van der Waals surface area contributed by atoms with Crippen molar-refractivity contribution in [3.63, 3.8) is 0 Å². The molecule has 0 aromatic heterocycles. The fraction of sp³-hybridized carbons (Fsp3) is 0.238. The van der Waals surface area contributed by atoms with Crippen LogP contribution in [-0.4, -0.2) is 52.7 Å². The van der Waals surface area contributed by atoms with Crippen molar-refractivity contribution in [1.82, 2.24) is 0 Å². The Morgan fingerprint density at radius 3 is 2.79 bits per heavy atom. The minimum absolute atomic E-state index is 0.187. The zero-order chi connectivity index (χ0) is 20.4. The van der Waals surface area contributed by atoms with Gasteiger partial charge in [0.25, 0.3) is 0 Å². The van der Waals surface area contributed by atoms with E-state index in [4.69, 9.17) is 5.73 Å². The average Bonchev–Trinajstić information content (AvgIpc) is 3.29. The van der Waals surface area contributed by atoms with Crippen LogP contribution in [0.15, 0.2) is 58.6 Å². The van der Waals surface area contributed by atoms with E-state index < -0.39 is 0 Å². The van der Waals surface area contributed by atoms with E-state index in [9.17, 15) is 9.90 Å². The molecule has 4 rings (SSSR count). The molecule has 2 aromatic carbocycles. The molecule has 0 radical (unpaired) electrons. The van der Waals surface area contributed by atoms with Crippen LogP contribution in [0.4, 0.5) is 22.7 Å². The number of hydrazone groups is 1. The van der Waals surface area contributed by atoms with Gasteiger partial charge in [0.2, 0.25) is 5.91 Å². The fourth-order valence-corrected chi connectivity index (χ4v) is 3.42. The molecule has 1 amide bonds. The van der Waals surface area contributed by atoms with Crippen molar-refractivity contribution in [2.75, 3.05) is 23.3 Å². The number of para-hydroxylation sites is 1. The van der Waals surface area contributed by atoms with E-state index in [1.165, 1.54) is 6.92 Å². The number of aliphatic hydroxyl groups is 1. The maximum atomic E-state index is 11.7. The van der Waals surface area contributed by atoms with E-state index in [2.05, 4.69) is 20.3 Å². The number of nitrogens with two attached hydrogens (primary N) is 1. The maximum Gasteiger partial charge on any atom is 0.326 e. The topological polar surface area (TPSA) is 106 Å². The molecule has 2 heterocycles. The summed E-state index contributed by atoms with van der Waals surface area (Å²) >= 11 is 0. The van der Waals surface area contributed by atoms with Crippen LogP contribution in [0.25, 0.3) is 0 Å². The lowest BCUT2D eigenvalue weighted by atomic mass is 10.2. The molecule has 148 valence electrons. The number of aliphatic imine (C=N–C) groups is 1. The Kier molecular flexibility index (Phi) is 5.09. The highest BCUT2D eigenvalue weighted by Crippen LogP contribution is 2.32. The first-order chi connectivity index (χ1) is 14.0. The van der Waals surface area contributed by atoms with Gasteiger partial charge >= 0.3 is 5.84 Å². The second kappa shape index (κ2) is 7.84. The highest BCUT2D eigenvalue weighted by molar-refractivity contribution is 6.62. The number of carbonyl (C=O) groups excluding carboxylic acids is 1. The number of amides is 1. The van der Waals surface area contributed by atoms with Crippen LogP contribution >= 0.6 is 0 Å². The molecule has 0 spiro atoms. The Morgan fingerprint density at radius 1 is 1.31 bits per heavy atom. The van der Waals surface area contributed by atoms with Gasteiger partial charge in [-0.05, 0) is 36.8 Å². The lowest BCUT2D eigenvalue weighted by Crippen LogP contribution is -2.27. The van der Waals surface area contributed by atoms with E-state index in [0.29, 0.717) is 29.5 Å². The summed E-state index contributed by atoms with van der Waals surface area (Å²) in [6, 6.07) is 15.2. The number of hydrogen-bond acceptors (Lipinski definition) is 6. The summed E-state index contributed by atoms with van der Waals surface area (Å²) in [5.41, 5.74) is 9.73. The summed E-state index contributed by atoms with van der Waals surface area (Å²) in [5, 5.41) is 17.0. The van der Waals surface area contributed by atoms with Gasteiger partial charge in [-0.15, -0.1) is 0 Å².